The van der Waals surface area contributed by atoms with E-state index < -0.39 is 4.92 Å². The number of nitro benzene ring substituents is 1. The molecule has 0 aliphatic heterocycles. The highest BCUT2D eigenvalue weighted by molar-refractivity contribution is 8.01. The number of nitro groups is 1. The second kappa shape index (κ2) is 8.76. The highest BCUT2D eigenvalue weighted by Crippen LogP contribution is 2.36. The molecular formula is C15H18N4O3S2. The molecule has 7 nitrogen and oxygen atoms in total. The average molecular weight is 366 g/mol. The van der Waals surface area contributed by atoms with Gasteiger partial charge in [0.25, 0.3) is 11.6 Å². The summed E-state index contributed by atoms with van der Waals surface area (Å²) in [6.07, 6.45) is 0.793. The average Bonchev–Trinajstić information content (AvgIpc) is 2.96. The van der Waals surface area contributed by atoms with Crippen LogP contribution in [0.25, 0.3) is 0 Å². The third kappa shape index (κ3) is 5.02. The number of carbonyl (C=O) groups excluding carboxylic acids is 1. The Balaban J connectivity index is 2.13. The van der Waals surface area contributed by atoms with Gasteiger partial charge in [-0.05, 0) is 39.1 Å². The Labute approximate surface area is 148 Å². The molecule has 0 fully saturated rings. The number of benzene rings is 1. The van der Waals surface area contributed by atoms with Gasteiger partial charge < -0.3 is 10.6 Å². The predicted molar refractivity (Wildman–Crippen MR) is 94.9 cm³/mol. The molecule has 2 aromatic rings. The van der Waals surface area contributed by atoms with Crippen LogP contribution in [0.3, 0.4) is 0 Å². The molecule has 1 aromatic heterocycles. The van der Waals surface area contributed by atoms with E-state index in [4.69, 9.17) is 0 Å². The molecule has 0 saturated carbocycles. The quantitative estimate of drug-likeness (QED) is 0.424. The first-order chi connectivity index (χ1) is 11.5. The van der Waals surface area contributed by atoms with E-state index in [0.717, 1.165) is 23.0 Å². The molecule has 9 heteroatoms. The van der Waals surface area contributed by atoms with Crippen LogP contribution in [0.2, 0.25) is 0 Å². The van der Waals surface area contributed by atoms with Crippen molar-refractivity contribution in [1.82, 2.24) is 15.6 Å². The molecule has 0 atom stereocenters. The van der Waals surface area contributed by atoms with Crippen molar-refractivity contribution in [1.29, 1.82) is 0 Å². The summed E-state index contributed by atoms with van der Waals surface area (Å²) in [5.41, 5.74) is 1.07. The number of carbonyl (C=O) groups is 1. The number of aryl methyl sites for hydroxylation is 1. The number of hydrogen-bond acceptors (Lipinski definition) is 7. The molecular weight excluding hydrogens is 348 g/mol. The summed E-state index contributed by atoms with van der Waals surface area (Å²) in [6, 6.07) is 4.52. The minimum atomic E-state index is -0.472. The minimum absolute atomic E-state index is 0.0873. The Morgan fingerprint density at radius 2 is 2.21 bits per heavy atom. The first-order valence-electron chi connectivity index (χ1n) is 7.32. The van der Waals surface area contributed by atoms with Crippen molar-refractivity contribution in [3.8, 4) is 0 Å². The van der Waals surface area contributed by atoms with Crippen molar-refractivity contribution in [2.45, 2.75) is 22.6 Å². The van der Waals surface area contributed by atoms with Gasteiger partial charge >= 0.3 is 0 Å². The molecule has 0 radical (unpaired) electrons. The largest absolute Gasteiger partial charge is 0.352 e. The third-order valence-corrected chi connectivity index (χ3v) is 5.22. The molecule has 128 valence electrons. The van der Waals surface area contributed by atoms with E-state index in [2.05, 4.69) is 15.6 Å². The van der Waals surface area contributed by atoms with Gasteiger partial charge in [0.1, 0.15) is 0 Å². The second-order valence-corrected chi connectivity index (χ2v) is 7.16. The van der Waals surface area contributed by atoms with E-state index in [-0.39, 0.29) is 17.2 Å². The zero-order valence-corrected chi connectivity index (χ0v) is 15.0. The maximum atomic E-state index is 12.1. The van der Waals surface area contributed by atoms with Crippen LogP contribution in [0.1, 0.15) is 22.5 Å². The van der Waals surface area contributed by atoms with Crippen LogP contribution in [0.5, 0.6) is 0 Å². The molecule has 0 bridgehead atoms. The van der Waals surface area contributed by atoms with E-state index in [9.17, 15) is 14.9 Å². The lowest BCUT2D eigenvalue weighted by Gasteiger charge is -2.06. The van der Waals surface area contributed by atoms with Gasteiger partial charge in [0, 0.05) is 29.2 Å². The first kappa shape index (κ1) is 18.4. The summed E-state index contributed by atoms with van der Waals surface area (Å²) in [6.45, 7) is 3.18. The van der Waals surface area contributed by atoms with Gasteiger partial charge in [0.15, 0.2) is 4.34 Å². The smallest absolute Gasteiger partial charge is 0.284 e. The Kier molecular flexibility index (Phi) is 6.71. The first-order valence-corrected chi connectivity index (χ1v) is 9.02. The lowest BCUT2D eigenvalue weighted by Crippen LogP contribution is -2.26. The van der Waals surface area contributed by atoms with Crippen molar-refractivity contribution in [2.75, 3.05) is 20.1 Å². The van der Waals surface area contributed by atoms with Gasteiger partial charge in [-0.1, -0.05) is 11.8 Å². The molecule has 2 N–H and O–H groups in total. The Morgan fingerprint density at radius 1 is 1.42 bits per heavy atom. The molecule has 2 rings (SSSR count). The fraction of sp³-hybridized carbons (Fsp3) is 0.333. The van der Waals surface area contributed by atoms with Crippen LogP contribution in [0.4, 0.5) is 5.69 Å². The van der Waals surface area contributed by atoms with Gasteiger partial charge in [-0.15, -0.1) is 11.3 Å². The zero-order valence-electron chi connectivity index (χ0n) is 13.4. The van der Waals surface area contributed by atoms with E-state index in [1.807, 2.05) is 19.4 Å². The van der Waals surface area contributed by atoms with Crippen LogP contribution < -0.4 is 10.6 Å². The SMILES string of the molecule is CNCCCNC(=O)c1ccc(Sc2nc(C)cs2)c([N+](=O)[O-])c1. The maximum absolute atomic E-state index is 12.1. The lowest BCUT2D eigenvalue weighted by molar-refractivity contribution is -0.387. The van der Waals surface area contributed by atoms with Crippen LogP contribution in [0.15, 0.2) is 32.8 Å². The summed E-state index contributed by atoms with van der Waals surface area (Å²) >= 11 is 2.67. The highest BCUT2D eigenvalue weighted by atomic mass is 32.2. The number of thiazole rings is 1. The van der Waals surface area contributed by atoms with Gasteiger partial charge in [0.2, 0.25) is 0 Å². The molecule has 0 aliphatic carbocycles. The van der Waals surface area contributed by atoms with Crippen LogP contribution >= 0.6 is 23.1 Å². The molecule has 1 aromatic carbocycles. The van der Waals surface area contributed by atoms with E-state index in [0.29, 0.717) is 11.4 Å². The number of nitrogens with one attached hydrogen (secondary N) is 2. The highest BCUT2D eigenvalue weighted by Gasteiger charge is 2.19. The standard InChI is InChI=1S/C15H18N4O3S2/c1-10-9-23-15(18-10)24-13-5-4-11(8-12(13)19(21)22)14(20)17-7-3-6-16-2/h4-5,8-9,16H,3,6-7H2,1-2H3,(H,17,20). The van der Waals surface area contributed by atoms with Crippen LogP contribution in [-0.2, 0) is 0 Å². The monoisotopic (exact) mass is 366 g/mol. The van der Waals surface area contributed by atoms with Crippen molar-refractivity contribution >= 4 is 34.7 Å². The van der Waals surface area contributed by atoms with Gasteiger partial charge in [-0.2, -0.15) is 0 Å². The summed E-state index contributed by atoms with van der Waals surface area (Å²) in [4.78, 5) is 27.7. The summed E-state index contributed by atoms with van der Waals surface area (Å²) in [5, 5.41) is 19.0. The van der Waals surface area contributed by atoms with Gasteiger partial charge in [-0.3, -0.25) is 14.9 Å². The topological polar surface area (TPSA) is 97.2 Å². The summed E-state index contributed by atoms with van der Waals surface area (Å²) < 4.78 is 0.736. The molecule has 0 spiro atoms. The number of amides is 1. The van der Waals surface area contributed by atoms with Crippen molar-refractivity contribution < 1.29 is 9.72 Å². The summed E-state index contributed by atoms with van der Waals surface area (Å²) in [5.74, 6) is -0.309. The molecule has 24 heavy (non-hydrogen) atoms. The van der Waals surface area contributed by atoms with Gasteiger partial charge in [-0.25, -0.2) is 4.98 Å². The second-order valence-electron chi connectivity index (χ2n) is 5.01. The van der Waals surface area contributed by atoms with Gasteiger partial charge in [0.05, 0.1) is 9.82 Å². The van der Waals surface area contributed by atoms with Crippen molar-refractivity contribution in [2.24, 2.45) is 0 Å². The fourth-order valence-corrected chi connectivity index (χ4v) is 3.81. The van der Waals surface area contributed by atoms with Crippen molar-refractivity contribution in [3.63, 3.8) is 0 Å². The number of nitrogens with zero attached hydrogens (tertiary/aromatic N) is 2. The normalized spacial score (nSPS) is 10.6. The predicted octanol–water partition coefficient (Wildman–Crippen LogP) is 2.85. The van der Waals surface area contributed by atoms with E-state index in [1.165, 1.54) is 29.2 Å². The molecule has 1 heterocycles. The van der Waals surface area contributed by atoms with Crippen LogP contribution in [-0.4, -0.2) is 36.0 Å². The lowest BCUT2D eigenvalue weighted by atomic mass is 10.2. The minimum Gasteiger partial charge on any atom is -0.352 e. The Bertz CT molecular complexity index is 733. The molecule has 1 amide bonds. The fourth-order valence-electron chi connectivity index (χ4n) is 1.93. The Morgan fingerprint density at radius 3 is 2.83 bits per heavy atom. The number of aromatic nitrogens is 1. The summed E-state index contributed by atoms with van der Waals surface area (Å²) in [7, 11) is 1.84. The van der Waals surface area contributed by atoms with Crippen LogP contribution in [0, 0.1) is 17.0 Å². The third-order valence-electron chi connectivity index (χ3n) is 3.10. The zero-order chi connectivity index (χ0) is 17.5. The van der Waals surface area contributed by atoms with E-state index >= 15 is 0 Å². The maximum Gasteiger partial charge on any atom is 0.284 e. The Hall–Kier alpha value is -1.97. The number of rotatable bonds is 8. The number of hydrogen-bond donors (Lipinski definition) is 2. The van der Waals surface area contributed by atoms with E-state index in [1.54, 1.807) is 12.1 Å². The molecule has 0 aliphatic rings. The van der Waals surface area contributed by atoms with Crippen molar-refractivity contribution in [3.05, 3.63) is 45.0 Å². The molecule has 0 unspecified atom stereocenters. The molecule has 0 saturated heterocycles.